The Morgan fingerprint density at radius 2 is 2.14 bits per heavy atom. The van der Waals surface area contributed by atoms with Crippen molar-refractivity contribution < 1.29 is 0 Å². The molecule has 4 heteroatoms. The first kappa shape index (κ1) is 12.3. The molecule has 0 aliphatic carbocycles. The van der Waals surface area contributed by atoms with E-state index in [1.54, 1.807) is 6.20 Å². The molecule has 3 aromatic rings. The second-order valence-electron chi connectivity index (χ2n) is 5.70. The van der Waals surface area contributed by atoms with Gasteiger partial charge in [-0.3, -0.25) is 14.3 Å². The van der Waals surface area contributed by atoms with Crippen molar-refractivity contribution in [2.24, 2.45) is 5.92 Å². The predicted octanol–water partition coefficient (Wildman–Crippen LogP) is 2.65. The van der Waals surface area contributed by atoms with Gasteiger partial charge < -0.3 is 0 Å². The zero-order chi connectivity index (χ0) is 14.4. The lowest BCUT2D eigenvalue weighted by molar-refractivity contribution is 0.558. The number of benzene rings is 1. The molecule has 1 atom stereocenters. The summed E-state index contributed by atoms with van der Waals surface area (Å²) in [5.41, 5.74) is 2.73. The molecule has 1 aliphatic rings. The molecule has 1 aliphatic heterocycles. The van der Waals surface area contributed by atoms with Gasteiger partial charge in [-0.15, -0.1) is 0 Å². The van der Waals surface area contributed by atoms with E-state index in [1.807, 2.05) is 41.0 Å². The molecule has 0 saturated heterocycles. The molecule has 21 heavy (non-hydrogen) atoms. The number of hydrogen-bond acceptors (Lipinski definition) is 3. The van der Waals surface area contributed by atoms with E-state index in [4.69, 9.17) is 0 Å². The van der Waals surface area contributed by atoms with Crippen LogP contribution < -0.4 is 5.56 Å². The van der Waals surface area contributed by atoms with E-state index in [0.717, 1.165) is 35.6 Å². The molecule has 4 nitrogen and oxygen atoms in total. The quantitative estimate of drug-likeness (QED) is 0.687. The summed E-state index contributed by atoms with van der Waals surface area (Å²) in [5, 5.41) is 0.688. The van der Waals surface area contributed by atoms with Crippen LogP contribution in [0.1, 0.15) is 12.7 Å². The third-order valence-electron chi connectivity index (χ3n) is 4.02. The number of pyridine rings is 1. The Balaban J connectivity index is 1.94. The van der Waals surface area contributed by atoms with Crippen LogP contribution in [0, 0.1) is 5.92 Å². The molecule has 3 heterocycles. The highest BCUT2D eigenvalue weighted by atomic mass is 16.1. The van der Waals surface area contributed by atoms with Gasteiger partial charge >= 0.3 is 0 Å². The Morgan fingerprint density at radius 1 is 1.24 bits per heavy atom. The van der Waals surface area contributed by atoms with Gasteiger partial charge in [0.15, 0.2) is 0 Å². The topological polar surface area (TPSA) is 47.8 Å². The molecule has 0 radical (unpaired) electrons. The first-order valence-electron chi connectivity index (χ1n) is 7.17. The van der Waals surface area contributed by atoms with Crippen LogP contribution in [0.15, 0.2) is 47.4 Å². The fourth-order valence-corrected chi connectivity index (χ4v) is 2.99. The molecular weight excluding hydrogens is 262 g/mol. The minimum Gasteiger partial charge on any atom is -0.296 e. The third-order valence-corrected chi connectivity index (χ3v) is 4.02. The molecule has 0 bridgehead atoms. The maximum Gasteiger partial charge on any atom is 0.261 e. The molecule has 0 fully saturated rings. The molecular formula is C17H15N3O. The van der Waals surface area contributed by atoms with Crippen molar-refractivity contribution in [3.05, 3.63) is 58.8 Å². The van der Waals surface area contributed by atoms with Crippen LogP contribution in [-0.4, -0.2) is 14.5 Å². The van der Waals surface area contributed by atoms with Crippen LogP contribution in [0.4, 0.5) is 0 Å². The Kier molecular flexibility index (Phi) is 2.64. The van der Waals surface area contributed by atoms with Gasteiger partial charge in [-0.2, -0.15) is 0 Å². The fourth-order valence-electron chi connectivity index (χ4n) is 2.99. The van der Waals surface area contributed by atoms with Gasteiger partial charge in [-0.25, -0.2) is 4.98 Å². The third kappa shape index (κ3) is 1.95. The summed E-state index contributed by atoms with van der Waals surface area (Å²) in [6.45, 7) is 2.93. The summed E-state index contributed by atoms with van der Waals surface area (Å²) in [6, 6.07) is 11.6. The number of nitrogens with zero attached hydrogens (tertiary/aromatic N) is 3. The van der Waals surface area contributed by atoms with Crippen LogP contribution in [0.2, 0.25) is 0 Å². The van der Waals surface area contributed by atoms with E-state index in [9.17, 15) is 4.79 Å². The lowest BCUT2D eigenvalue weighted by atomic mass is 10.1. The second kappa shape index (κ2) is 4.52. The SMILES string of the molecule is CC1Cc2nc3cc(-c4ccccn4)ccc3c(=O)n2C1. The monoisotopic (exact) mass is 277 g/mol. The van der Waals surface area contributed by atoms with Crippen LogP contribution in [-0.2, 0) is 13.0 Å². The van der Waals surface area contributed by atoms with Crippen molar-refractivity contribution in [1.29, 1.82) is 0 Å². The Labute approximate surface area is 122 Å². The maximum absolute atomic E-state index is 12.5. The van der Waals surface area contributed by atoms with E-state index in [1.165, 1.54) is 0 Å². The molecule has 1 aromatic carbocycles. The summed E-state index contributed by atoms with van der Waals surface area (Å²) in [4.78, 5) is 21.6. The van der Waals surface area contributed by atoms with Gasteiger partial charge in [0.1, 0.15) is 5.82 Å². The standard InChI is InChI=1S/C17H15N3O/c1-11-8-16-19-15-9-12(14-4-2-3-7-18-14)5-6-13(15)17(21)20(16)10-11/h2-7,9,11H,8,10H2,1H3. The highest BCUT2D eigenvalue weighted by molar-refractivity contribution is 5.83. The zero-order valence-electron chi connectivity index (χ0n) is 11.8. The molecule has 0 saturated carbocycles. The zero-order valence-corrected chi connectivity index (χ0v) is 11.8. The smallest absolute Gasteiger partial charge is 0.261 e. The highest BCUT2D eigenvalue weighted by Gasteiger charge is 2.21. The minimum absolute atomic E-state index is 0.0759. The predicted molar refractivity (Wildman–Crippen MR) is 82.1 cm³/mol. The highest BCUT2D eigenvalue weighted by Crippen LogP contribution is 2.23. The summed E-state index contributed by atoms with van der Waals surface area (Å²) in [7, 11) is 0. The first-order chi connectivity index (χ1) is 10.2. The average Bonchev–Trinajstić information content (AvgIpc) is 2.88. The molecule has 0 amide bonds. The molecule has 104 valence electrons. The number of hydrogen-bond donors (Lipinski definition) is 0. The lowest BCUT2D eigenvalue weighted by Gasteiger charge is -2.06. The van der Waals surface area contributed by atoms with Crippen molar-refractivity contribution in [1.82, 2.24) is 14.5 Å². The fraction of sp³-hybridized carbons (Fsp3) is 0.235. The van der Waals surface area contributed by atoms with Gasteiger partial charge in [0.25, 0.3) is 5.56 Å². The van der Waals surface area contributed by atoms with Crippen LogP contribution in [0.25, 0.3) is 22.2 Å². The van der Waals surface area contributed by atoms with Gasteiger partial charge in [-0.1, -0.05) is 19.1 Å². The number of fused-ring (bicyclic) bond motifs is 2. The first-order valence-corrected chi connectivity index (χ1v) is 7.17. The molecule has 0 spiro atoms. The van der Waals surface area contributed by atoms with E-state index >= 15 is 0 Å². The van der Waals surface area contributed by atoms with Crippen LogP contribution in [0.3, 0.4) is 0 Å². The number of rotatable bonds is 1. The van der Waals surface area contributed by atoms with Gasteiger partial charge in [0, 0.05) is 24.7 Å². The lowest BCUT2D eigenvalue weighted by Crippen LogP contribution is -2.21. The molecule has 4 rings (SSSR count). The second-order valence-corrected chi connectivity index (χ2v) is 5.70. The van der Waals surface area contributed by atoms with E-state index in [2.05, 4.69) is 16.9 Å². The van der Waals surface area contributed by atoms with E-state index < -0.39 is 0 Å². The Hall–Kier alpha value is -2.49. The number of aromatic nitrogens is 3. The van der Waals surface area contributed by atoms with Crippen molar-refractivity contribution in [3.63, 3.8) is 0 Å². The van der Waals surface area contributed by atoms with Crippen LogP contribution in [0.5, 0.6) is 0 Å². The Bertz CT molecular complexity index is 884. The summed E-state index contributed by atoms with van der Waals surface area (Å²) >= 11 is 0. The van der Waals surface area contributed by atoms with E-state index in [0.29, 0.717) is 11.3 Å². The van der Waals surface area contributed by atoms with Gasteiger partial charge in [-0.05, 0) is 30.2 Å². The van der Waals surface area contributed by atoms with Crippen molar-refractivity contribution >= 4 is 10.9 Å². The summed E-state index contributed by atoms with van der Waals surface area (Å²) in [5.74, 6) is 1.38. The molecule has 1 unspecified atom stereocenters. The van der Waals surface area contributed by atoms with Crippen molar-refractivity contribution in [3.8, 4) is 11.3 Å². The normalized spacial score (nSPS) is 17.1. The van der Waals surface area contributed by atoms with Gasteiger partial charge in [0.2, 0.25) is 0 Å². The minimum atomic E-state index is 0.0759. The molecule has 0 N–H and O–H groups in total. The maximum atomic E-state index is 12.5. The average molecular weight is 277 g/mol. The summed E-state index contributed by atoms with van der Waals surface area (Å²) in [6.07, 6.45) is 2.64. The Morgan fingerprint density at radius 3 is 2.95 bits per heavy atom. The largest absolute Gasteiger partial charge is 0.296 e. The van der Waals surface area contributed by atoms with Gasteiger partial charge in [0.05, 0.1) is 16.6 Å². The summed E-state index contributed by atoms with van der Waals surface area (Å²) < 4.78 is 1.81. The van der Waals surface area contributed by atoms with E-state index in [-0.39, 0.29) is 5.56 Å². The van der Waals surface area contributed by atoms with Crippen molar-refractivity contribution in [2.75, 3.05) is 0 Å². The van der Waals surface area contributed by atoms with Crippen LogP contribution >= 0.6 is 0 Å². The van der Waals surface area contributed by atoms with Crippen molar-refractivity contribution in [2.45, 2.75) is 19.9 Å². The molecule has 2 aromatic heterocycles.